The average Bonchev–Trinajstić information content (AvgIpc) is 2.57. The van der Waals surface area contributed by atoms with Gasteiger partial charge in [0, 0.05) is 4.47 Å². The Kier molecular flexibility index (Phi) is 3.81. The van der Waals surface area contributed by atoms with Crippen molar-refractivity contribution in [3.05, 3.63) is 28.0 Å². The first kappa shape index (κ1) is 15.2. The van der Waals surface area contributed by atoms with Gasteiger partial charge in [-0.25, -0.2) is 12.8 Å². The lowest BCUT2D eigenvalue weighted by Gasteiger charge is -2.24. The van der Waals surface area contributed by atoms with Crippen LogP contribution in [0.4, 0.5) is 10.1 Å². The Morgan fingerprint density at radius 1 is 1.50 bits per heavy atom. The van der Waals surface area contributed by atoms with Crippen LogP contribution >= 0.6 is 15.9 Å². The lowest BCUT2D eigenvalue weighted by atomic mass is 10.0. The molecule has 1 aliphatic rings. The van der Waals surface area contributed by atoms with Crippen molar-refractivity contribution < 1.29 is 17.6 Å². The normalized spacial score (nSPS) is 24.6. The van der Waals surface area contributed by atoms with Gasteiger partial charge in [0.2, 0.25) is 0 Å². The van der Waals surface area contributed by atoms with E-state index < -0.39 is 27.1 Å². The Bertz CT molecular complexity index is 678. The topological polar surface area (TPSA) is 89.3 Å². The van der Waals surface area contributed by atoms with Crippen molar-refractivity contribution in [2.75, 3.05) is 17.2 Å². The number of carbonyl (C=O) groups is 1. The number of benzene rings is 1. The lowest BCUT2D eigenvalue weighted by molar-refractivity contribution is 0.0914. The van der Waals surface area contributed by atoms with E-state index in [-0.39, 0.29) is 27.2 Å². The van der Waals surface area contributed by atoms with Crippen LogP contribution in [0.1, 0.15) is 23.7 Å². The van der Waals surface area contributed by atoms with E-state index in [9.17, 15) is 17.6 Å². The molecule has 0 spiro atoms. The van der Waals surface area contributed by atoms with E-state index in [4.69, 9.17) is 5.73 Å². The van der Waals surface area contributed by atoms with E-state index in [2.05, 4.69) is 21.2 Å². The van der Waals surface area contributed by atoms with Gasteiger partial charge >= 0.3 is 0 Å². The summed E-state index contributed by atoms with van der Waals surface area (Å²) in [7, 11) is -3.12. The zero-order valence-corrected chi connectivity index (χ0v) is 13.1. The van der Waals surface area contributed by atoms with E-state index in [0.29, 0.717) is 6.42 Å². The number of hydrogen-bond acceptors (Lipinski definition) is 4. The van der Waals surface area contributed by atoms with E-state index in [1.54, 1.807) is 6.92 Å². The number of carbonyl (C=O) groups excluding carboxylic acids is 1. The van der Waals surface area contributed by atoms with Crippen molar-refractivity contribution in [3.8, 4) is 0 Å². The van der Waals surface area contributed by atoms with Crippen LogP contribution in [0, 0.1) is 5.82 Å². The van der Waals surface area contributed by atoms with E-state index in [1.807, 2.05) is 0 Å². The zero-order chi connectivity index (χ0) is 15.1. The highest BCUT2D eigenvalue weighted by molar-refractivity contribution is 9.10. The molecule has 1 amide bonds. The van der Waals surface area contributed by atoms with Gasteiger partial charge in [-0.05, 0) is 41.4 Å². The highest BCUT2D eigenvalue weighted by atomic mass is 79.9. The second-order valence-corrected chi connectivity index (χ2v) is 8.25. The molecule has 110 valence electrons. The molecule has 1 atom stereocenters. The lowest BCUT2D eigenvalue weighted by Crippen LogP contribution is -2.47. The molecule has 20 heavy (non-hydrogen) atoms. The molecular formula is C12H14BrFN2O3S. The van der Waals surface area contributed by atoms with Crippen LogP contribution in [0.2, 0.25) is 0 Å². The molecule has 1 aromatic rings. The molecule has 1 unspecified atom stereocenters. The Hall–Kier alpha value is -1.15. The molecule has 1 aromatic carbocycles. The first-order valence-electron chi connectivity index (χ1n) is 5.89. The largest absolute Gasteiger partial charge is 0.396 e. The number of sulfone groups is 1. The number of halogens is 2. The number of nitrogens with one attached hydrogen (secondary N) is 1. The molecule has 1 fully saturated rings. The predicted molar refractivity (Wildman–Crippen MR) is 77.7 cm³/mol. The van der Waals surface area contributed by atoms with Crippen LogP contribution in [-0.2, 0) is 9.84 Å². The second kappa shape index (κ2) is 5.00. The number of amides is 1. The molecular weight excluding hydrogens is 351 g/mol. The predicted octanol–water partition coefficient (Wildman–Crippen LogP) is 1.48. The maximum Gasteiger partial charge on any atom is 0.252 e. The molecule has 1 aliphatic heterocycles. The monoisotopic (exact) mass is 364 g/mol. The number of rotatable bonds is 2. The second-order valence-electron chi connectivity index (χ2n) is 5.21. The van der Waals surface area contributed by atoms with Gasteiger partial charge in [0.1, 0.15) is 5.82 Å². The van der Waals surface area contributed by atoms with Crippen LogP contribution in [0.15, 0.2) is 16.6 Å². The van der Waals surface area contributed by atoms with Gasteiger partial charge in [0.05, 0.1) is 28.3 Å². The van der Waals surface area contributed by atoms with Crippen LogP contribution in [0.3, 0.4) is 0 Å². The third kappa shape index (κ3) is 3.12. The maximum atomic E-state index is 13.2. The van der Waals surface area contributed by atoms with Crippen molar-refractivity contribution >= 4 is 37.4 Å². The van der Waals surface area contributed by atoms with Crippen molar-refractivity contribution in [1.82, 2.24) is 5.32 Å². The molecule has 0 bridgehead atoms. The standard InChI is InChI=1S/C12H14BrFN2O3S/c1-12(2-3-20(18,19)6-12)16-11(17)7-4-10(15)9(14)5-8(7)13/h4-5H,2-3,6,15H2,1H3,(H,16,17). The van der Waals surface area contributed by atoms with Crippen molar-refractivity contribution in [3.63, 3.8) is 0 Å². The quantitative estimate of drug-likeness (QED) is 0.777. The fourth-order valence-electron chi connectivity index (χ4n) is 2.19. The molecule has 1 heterocycles. The van der Waals surface area contributed by atoms with Gasteiger partial charge in [-0.3, -0.25) is 4.79 Å². The summed E-state index contributed by atoms with van der Waals surface area (Å²) in [6, 6.07) is 2.33. The Balaban J connectivity index is 2.23. The molecule has 0 aliphatic carbocycles. The Morgan fingerprint density at radius 3 is 2.70 bits per heavy atom. The highest BCUT2D eigenvalue weighted by Gasteiger charge is 2.39. The molecule has 5 nitrogen and oxygen atoms in total. The zero-order valence-electron chi connectivity index (χ0n) is 10.7. The number of hydrogen-bond donors (Lipinski definition) is 2. The number of anilines is 1. The molecule has 0 aromatic heterocycles. The summed E-state index contributed by atoms with van der Waals surface area (Å²) in [6.45, 7) is 1.68. The average molecular weight is 365 g/mol. The van der Waals surface area contributed by atoms with Gasteiger partial charge in [0.25, 0.3) is 5.91 Å². The summed E-state index contributed by atoms with van der Waals surface area (Å²) in [6.07, 6.45) is 0.357. The Morgan fingerprint density at radius 2 is 2.15 bits per heavy atom. The van der Waals surface area contributed by atoms with Gasteiger partial charge in [-0.15, -0.1) is 0 Å². The summed E-state index contributed by atoms with van der Waals surface area (Å²) >= 11 is 3.10. The van der Waals surface area contributed by atoms with Gasteiger partial charge in [0.15, 0.2) is 9.84 Å². The minimum Gasteiger partial charge on any atom is -0.396 e. The fraction of sp³-hybridized carbons (Fsp3) is 0.417. The highest BCUT2D eigenvalue weighted by Crippen LogP contribution is 2.26. The molecule has 3 N–H and O–H groups in total. The van der Waals surface area contributed by atoms with Crippen LogP contribution in [0.5, 0.6) is 0 Å². The first-order valence-corrected chi connectivity index (χ1v) is 8.51. The van der Waals surface area contributed by atoms with Crippen LogP contribution in [-0.4, -0.2) is 31.4 Å². The smallest absolute Gasteiger partial charge is 0.252 e. The molecule has 8 heteroatoms. The third-order valence-corrected chi connectivity index (χ3v) is 5.81. The molecule has 0 saturated carbocycles. The van der Waals surface area contributed by atoms with Crippen molar-refractivity contribution in [2.24, 2.45) is 0 Å². The minimum atomic E-state index is -3.12. The van der Waals surface area contributed by atoms with Crippen molar-refractivity contribution in [1.29, 1.82) is 0 Å². The summed E-state index contributed by atoms with van der Waals surface area (Å²) in [5.74, 6) is -1.15. The summed E-state index contributed by atoms with van der Waals surface area (Å²) in [5.41, 5.74) is 4.67. The summed E-state index contributed by atoms with van der Waals surface area (Å²) in [4.78, 5) is 12.2. The van der Waals surface area contributed by atoms with Crippen LogP contribution in [0.25, 0.3) is 0 Å². The number of nitrogen functional groups attached to an aromatic ring is 1. The van der Waals surface area contributed by atoms with E-state index in [1.165, 1.54) is 6.07 Å². The van der Waals surface area contributed by atoms with Gasteiger partial charge in [-0.2, -0.15) is 0 Å². The summed E-state index contributed by atoms with van der Waals surface area (Å²) < 4.78 is 36.5. The van der Waals surface area contributed by atoms with Gasteiger partial charge in [-0.1, -0.05) is 0 Å². The van der Waals surface area contributed by atoms with Crippen LogP contribution < -0.4 is 11.1 Å². The van der Waals surface area contributed by atoms with Gasteiger partial charge < -0.3 is 11.1 Å². The molecule has 0 radical (unpaired) electrons. The maximum absolute atomic E-state index is 13.2. The minimum absolute atomic E-state index is 0.0521. The molecule has 1 saturated heterocycles. The molecule has 2 rings (SSSR count). The SMILES string of the molecule is CC1(NC(=O)c2cc(N)c(F)cc2Br)CCS(=O)(=O)C1. The Labute approximate surface area is 124 Å². The first-order chi connectivity index (χ1) is 9.12. The third-order valence-electron chi connectivity index (χ3n) is 3.25. The van der Waals surface area contributed by atoms with Crippen molar-refractivity contribution in [2.45, 2.75) is 18.9 Å². The fourth-order valence-corrected chi connectivity index (χ4v) is 4.78. The van der Waals surface area contributed by atoms with E-state index in [0.717, 1.165) is 6.07 Å². The van der Waals surface area contributed by atoms with E-state index >= 15 is 0 Å². The number of nitrogens with two attached hydrogens (primary N) is 1. The summed E-state index contributed by atoms with van der Waals surface area (Å²) in [5, 5.41) is 2.69.